The van der Waals surface area contributed by atoms with Crippen molar-refractivity contribution in [2.24, 2.45) is 0 Å². The van der Waals surface area contributed by atoms with E-state index in [4.69, 9.17) is 9.47 Å². The first kappa shape index (κ1) is 23.6. The number of fused-ring (bicyclic) bond motifs is 5. The molecule has 2 aliphatic rings. The Labute approximate surface area is 204 Å². The van der Waals surface area contributed by atoms with Crippen molar-refractivity contribution >= 4 is 34.1 Å². The zero-order valence-electron chi connectivity index (χ0n) is 19.4. The van der Waals surface area contributed by atoms with Gasteiger partial charge in [0.1, 0.15) is 36.2 Å². The van der Waals surface area contributed by atoms with E-state index in [2.05, 4.69) is 26.8 Å². The fourth-order valence-corrected chi connectivity index (χ4v) is 4.33. The van der Waals surface area contributed by atoms with Gasteiger partial charge in [-0.3, -0.25) is 4.79 Å². The van der Waals surface area contributed by atoms with Gasteiger partial charge in [-0.1, -0.05) is 18.7 Å². The van der Waals surface area contributed by atoms with Crippen LogP contribution in [0.25, 0.3) is 16.6 Å². The van der Waals surface area contributed by atoms with Gasteiger partial charge in [-0.05, 0) is 12.1 Å². The smallest absolute Gasteiger partial charge is 0.420 e. The Bertz CT molecular complexity index is 1340. The first-order valence-electron chi connectivity index (χ1n) is 11.3. The van der Waals surface area contributed by atoms with Gasteiger partial charge in [-0.15, -0.1) is 0 Å². The van der Waals surface area contributed by atoms with Crippen molar-refractivity contribution in [2.45, 2.75) is 13.1 Å². The number of nitrogens with zero attached hydrogens (tertiary/aromatic N) is 5. The summed E-state index contributed by atoms with van der Waals surface area (Å²) in [7, 11) is 0. The molecule has 0 atom stereocenters. The number of aromatic nitrogens is 3. The lowest BCUT2D eigenvalue weighted by atomic mass is 10.1. The Morgan fingerprint density at radius 1 is 1.08 bits per heavy atom. The van der Waals surface area contributed by atoms with Gasteiger partial charge in [0.15, 0.2) is 0 Å². The van der Waals surface area contributed by atoms with Gasteiger partial charge < -0.3 is 24.6 Å². The van der Waals surface area contributed by atoms with E-state index in [9.17, 15) is 18.0 Å². The van der Waals surface area contributed by atoms with Crippen LogP contribution in [0.5, 0.6) is 11.8 Å². The van der Waals surface area contributed by atoms with E-state index in [0.29, 0.717) is 30.1 Å². The Kier molecular flexibility index (Phi) is 6.02. The molecule has 12 heteroatoms. The summed E-state index contributed by atoms with van der Waals surface area (Å²) in [5.41, 5.74) is -0.101. The van der Waals surface area contributed by atoms with Crippen molar-refractivity contribution in [3.05, 3.63) is 48.2 Å². The molecule has 4 heterocycles. The highest BCUT2D eigenvalue weighted by molar-refractivity contribution is 5.98. The number of amides is 1. The number of carbonyl (C=O) groups is 1. The van der Waals surface area contributed by atoms with E-state index in [0.717, 1.165) is 0 Å². The van der Waals surface area contributed by atoms with Crippen LogP contribution in [-0.2, 0) is 11.0 Å². The molecule has 1 amide bonds. The van der Waals surface area contributed by atoms with Crippen LogP contribution < -0.4 is 19.7 Å². The fraction of sp³-hybridized carbons (Fsp3) is 0.333. The molecule has 1 fully saturated rings. The summed E-state index contributed by atoms with van der Waals surface area (Å²) in [6.45, 7) is 6.74. The number of rotatable bonds is 1. The van der Waals surface area contributed by atoms with Gasteiger partial charge in [-0.25, -0.2) is 4.98 Å². The number of hydrogen-bond donors (Lipinski definition) is 1. The molecule has 5 rings (SSSR count). The van der Waals surface area contributed by atoms with Gasteiger partial charge in [-0.2, -0.15) is 23.1 Å². The molecular formula is C24H23F3N6O3. The molecule has 2 bridgehead atoms. The first-order chi connectivity index (χ1) is 17.2. The molecule has 36 heavy (non-hydrogen) atoms. The SMILES string of the molecule is C=C1Nc2nc(nc3cnc(N4CCN(C(C)=O)CC4)c(C(F)(F)F)c23)OCCOc2ccccc21. The third-order valence-corrected chi connectivity index (χ3v) is 6.06. The minimum absolute atomic E-state index is 0.0257. The Morgan fingerprint density at radius 2 is 1.81 bits per heavy atom. The monoisotopic (exact) mass is 500 g/mol. The van der Waals surface area contributed by atoms with Crippen molar-refractivity contribution < 1.29 is 27.4 Å². The number of nitrogens with one attached hydrogen (secondary N) is 1. The van der Waals surface area contributed by atoms with Gasteiger partial charge in [0.25, 0.3) is 0 Å². The van der Waals surface area contributed by atoms with E-state index in [-0.39, 0.29) is 60.8 Å². The molecule has 1 aromatic carbocycles. The topological polar surface area (TPSA) is 92.7 Å². The second kappa shape index (κ2) is 9.17. The largest absolute Gasteiger partial charge is 0.489 e. The molecule has 0 aliphatic carbocycles. The Morgan fingerprint density at radius 3 is 2.53 bits per heavy atom. The van der Waals surface area contributed by atoms with Crippen LogP contribution in [0.4, 0.5) is 24.8 Å². The number of ether oxygens (including phenoxy) is 2. The number of carbonyl (C=O) groups excluding carboxylic acids is 1. The average molecular weight is 500 g/mol. The number of anilines is 2. The van der Waals surface area contributed by atoms with E-state index >= 15 is 0 Å². The summed E-state index contributed by atoms with van der Waals surface area (Å²) >= 11 is 0. The molecule has 0 radical (unpaired) electrons. The van der Waals surface area contributed by atoms with Crippen molar-refractivity contribution in [1.29, 1.82) is 0 Å². The van der Waals surface area contributed by atoms with E-state index in [1.807, 2.05) is 0 Å². The summed E-state index contributed by atoms with van der Waals surface area (Å²) in [4.78, 5) is 27.4. The standard InChI is InChI=1S/C24H23F3N6O3/c1-14-16-5-3-4-6-18(16)35-11-12-36-23-30-17-13-28-22(33-9-7-32(8-10-33)15(2)34)20(24(25,26)27)19(17)21(29-14)31-23/h3-6,13H,1,7-12H2,2H3,(H,29,30,31). The lowest BCUT2D eigenvalue weighted by Gasteiger charge is -2.36. The predicted molar refractivity (Wildman–Crippen MR) is 127 cm³/mol. The maximum absolute atomic E-state index is 14.6. The minimum Gasteiger partial charge on any atom is -0.489 e. The van der Waals surface area contributed by atoms with Crippen LogP contribution in [0.1, 0.15) is 18.1 Å². The zero-order valence-corrected chi connectivity index (χ0v) is 19.4. The summed E-state index contributed by atoms with van der Waals surface area (Å²) in [6.07, 6.45) is -3.48. The third-order valence-electron chi connectivity index (χ3n) is 6.06. The van der Waals surface area contributed by atoms with Gasteiger partial charge in [0, 0.05) is 44.4 Å². The van der Waals surface area contributed by atoms with E-state index < -0.39 is 11.7 Å². The number of benzene rings is 1. The highest BCUT2D eigenvalue weighted by Crippen LogP contribution is 2.43. The maximum atomic E-state index is 14.6. The maximum Gasteiger partial charge on any atom is 0.420 e. The van der Waals surface area contributed by atoms with Gasteiger partial charge in [0.2, 0.25) is 5.91 Å². The first-order valence-corrected chi connectivity index (χ1v) is 11.3. The van der Waals surface area contributed by atoms with Crippen LogP contribution in [0.15, 0.2) is 37.0 Å². The van der Waals surface area contributed by atoms with Crippen LogP contribution in [-0.4, -0.2) is 65.2 Å². The number of halogens is 3. The number of pyridine rings is 1. The highest BCUT2D eigenvalue weighted by atomic mass is 19.4. The molecular weight excluding hydrogens is 477 g/mol. The van der Waals surface area contributed by atoms with Gasteiger partial charge in [0.05, 0.1) is 17.1 Å². The quantitative estimate of drug-likeness (QED) is 0.542. The zero-order chi connectivity index (χ0) is 25.4. The van der Waals surface area contributed by atoms with Crippen molar-refractivity contribution in [2.75, 3.05) is 49.6 Å². The summed E-state index contributed by atoms with van der Waals surface area (Å²) < 4.78 is 55.2. The van der Waals surface area contributed by atoms with Crippen molar-refractivity contribution in [1.82, 2.24) is 19.9 Å². The highest BCUT2D eigenvalue weighted by Gasteiger charge is 2.40. The number of hydrogen-bond acceptors (Lipinski definition) is 8. The Balaban J connectivity index is 1.66. The number of para-hydroxylation sites is 1. The summed E-state index contributed by atoms with van der Waals surface area (Å²) in [6, 6.07) is 6.94. The van der Waals surface area contributed by atoms with Crippen molar-refractivity contribution in [3.63, 3.8) is 0 Å². The minimum atomic E-state index is -4.77. The van der Waals surface area contributed by atoms with Crippen LogP contribution >= 0.6 is 0 Å². The van der Waals surface area contributed by atoms with Crippen LogP contribution in [0.3, 0.4) is 0 Å². The normalized spacial score (nSPS) is 16.4. The molecule has 0 unspecified atom stereocenters. The molecule has 0 saturated carbocycles. The summed E-state index contributed by atoms with van der Waals surface area (Å²) in [5.74, 6) is 0.0459. The molecule has 1 N–H and O–H groups in total. The average Bonchev–Trinajstić information content (AvgIpc) is 2.87. The number of piperazine rings is 1. The lowest BCUT2D eigenvalue weighted by molar-refractivity contribution is -0.136. The Hall–Kier alpha value is -4.09. The predicted octanol–water partition coefficient (Wildman–Crippen LogP) is 3.57. The lowest BCUT2D eigenvalue weighted by Crippen LogP contribution is -2.48. The molecule has 3 aromatic rings. The molecule has 1 saturated heterocycles. The third kappa shape index (κ3) is 4.45. The molecule has 9 nitrogen and oxygen atoms in total. The van der Waals surface area contributed by atoms with E-state index in [1.165, 1.54) is 18.0 Å². The second-order valence-corrected chi connectivity index (χ2v) is 8.36. The molecule has 2 aromatic heterocycles. The molecule has 188 valence electrons. The van der Waals surface area contributed by atoms with E-state index in [1.54, 1.807) is 29.2 Å². The van der Waals surface area contributed by atoms with Gasteiger partial charge >= 0.3 is 12.2 Å². The molecule has 0 spiro atoms. The second-order valence-electron chi connectivity index (χ2n) is 8.36. The number of alkyl halides is 3. The van der Waals surface area contributed by atoms with Crippen LogP contribution in [0.2, 0.25) is 0 Å². The fourth-order valence-electron chi connectivity index (χ4n) is 4.33. The molecule has 2 aliphatic heterocycles. The summed E-state index contributed by atoms with van der Waals surface area (Å²) in [5, 5.41) is 2.70. The van der Waals surface area contributed by atoms with Crippen molar-refractivity contribution in [3.8, 4) is 11.8 Å². The van der Waals surface area contributed by atoms with Crippen LogP contribution in [0, 0.1) is 0 Å².